The van der Waals surface area contributed by atoms with Crippen molar-refractivity contribution >= 4 is 51.8 Å². The number of likely N-dealkylation sites (tertiary alicyclic amines) is 1. The van der Waals surface area contributed by atoms with Crippen LogP contribution in [0, 0.1) is 29.1 Å². The number of rotatable bonds is 8. The molecule has 4 amide bonds. The van der Waals surface area contributed by atoms with Gasteiger partial charge < -0.3 is 29.2 Å². The summed E-state index contributed by atoms with van der Waals surface area (Å²) in [5.74, 6) is 3.10. The molecule has 3 saturated heterocycles. The lowest BCUT2D eigenvalue weighted by molar-refractivity contribution is -0.155. The third-order valence-corrected chi connectivity index (χ3v) is 14.5. The summed E-state index contributed by atoms with van der Waals surface area (Å²) in [6.45, 7) is 15.3. The van der Waals surface area contributed by atoms with Gasteiger partial charge >= 0.3 is 5.97 Å². The second-order valence-corrected chi connectivity index (χ2v) is 20.4. The number of hydrazine groups is 1. The van der Waals surface area contributed by atoms with Crippen LogP contribution in [-0.4, -0.2) is 143 Å². The summed E-state index contributed by atoms with van der Waals surface area (Å²) in [4.78, 5) is 80.8. The number of aryl methyl sites for hydroxylation is 1. The number of cyclic esters (lactones) is 1. The Hall–Kier alpha value is -5.60. The summed E-state index contributed by atoms with van der Waals surface area (Å²) in [6, 6.07) is 9.98. The quantitative estimate of drug-likeness (QED) is 0.187. The highest BCUT2D eigenvalue weighted by molar-refractivity contribution is 7.10. The summed E-state index contributed by atoms with van der Waals surface area (Å²) in [7, 11) is 1.62. The Kier molecular flexibility index (Phi) is 14.8. The lowest BCUT2D eigenvalue weighted by Gasteiger charge is -2.37. The van der Waals surface area contributed by atoms with Crippen molar-refractivity contribution in [1.29, 1.82) is 0 Å². The maximum Gasteiger partial charge on any atom is 0.324 e. The molecule has 4 aliphatic rings. The lowest BCUT2D eigenvalue weighted by atomic mass is 9.84. The van der Waals surface area contributed by atoms with Crippen LogP contribution >= 0.6 is 11.3 Å². The molecule has 16 heteroatoms. The molecule has 0 unspecified atom stereocenters. The van der Waals surface area contributed by atoms with Crippen LogP contribution in [0.1, 0.15) is 64.3 Å². The van der Waals surface area contributed by atoms with Crippen LogP contribution in [0.4, 0.5) is 0 Å². The zero-order valence-electron chi connectivity index (χ0n) is 39.6. The van der Waals surface area contributed by atoms with E-state index in [0.717, 1.165) is 63.4 Å². The summed E-state index contributed by atoms with van der Waals surface area (Å²) in [5.41, 5.74) is 9.10. The second kappa shape index (κ2) is 20.7. The van der Waals surface area contributed by atoms with Gasteiger partial charge in [-0.2, -0.15) is 0 Å². The molecule has 6 bridgehead atoms. The first-order valence-corrected chi connectivity index (χ1v) is 24.6. The topological polar surface area (TPSA) is 159 Å². The Morgan fingerprint density at radius 3 is 2.60 bits per heavy atom. The molecule has 7 heterocycles. The number of ether oxygens (including phenoxy) is 2. The molecular formula is C51H64N8O7S. The number of nitrogens with zero attached hydrogens (tertiary/aromatic N) is 6. The molecule has 356 valence electrons. The van der Waals surface area contributed by atoms with Crippen LogP contribution in [0.15, 0.2) is 54.2 Å². The van der Waals surface area contributed by atoms with Crippen LogP contribution in [0.2, 0.25) is 0 Å². The van der Waals surface area contributed by atoms with Crippen LogP contribution in [-0.2, 0) is 52.8 Å². The molecule has 0 spiro atoms. The molecule has 3 aromatic heterocycles. The van der Waals surface area contributed by atoms with Gasteiger partial charge in [0.1, 0.15) is 18.1 Å². The average Bonchev–Trinajstić information content (AvgIpc) is 4.09. The smallest absolute Gasteiger partial charge is 0.324 e. The predicted molar refractivity (Wildman–Crippen MR) is 257 cm³/mol. The van der Waals surface area contributed by atoms with Crippen molar-refractivity contribution in [2.24, 2.45) is 17.3 Å². The maximum absolute atomic E-state index is 14.7. The van der Waals surface area contributed by atoms with E-state index in [1.807, 2.05) is 26.1 Å². The maximum atomic E-state index is 14.7. The standard InChI is InChI=1S/C51H64N8O7S/c1-7-58-43-15-14-34-26-39(43)40(46(58)35-11-8-17-52-29-35)28-51(4,5)32-66-50(64)41-12-9-19-59(54-41)49(63)42(27-38-25-37(34)31-67-38)53-47(61)45(33(2)3)55(6)48(62)36-16-20-57(30-36)44(60)13-10-18-56-21-23-65-24-22-56/h8,11,14-15,17,25-26,29,31,33,36,41-42,45,54H,7,9,12,16,18-24,27-28,30,32H2,1-6H3,(H,53,61)/t36-,41-,42-,45-/m0/s1. The third kappa shape index (κ3) is 10.8. The second-order valence-electron chi connectivity index (χ2n) is 19.4. The number of hydrogen-bond acceptors (Lipinski definition) is 11. The molecule has 1 aromatic carbocycles. The Bertz CT molecular complexity index is 2540. The van der Waals surface area contributed by atoms with Crippen molar-refractivity contribution in [3.05, 3.63) is 64.6 Å². The lowest BCUT2D eigenvalue weighted by Crippen LogP contribution is -2.62. The van der Waals surface area contributed by atoms with Crippen molar-refractivity contribution in [2.45, 2.75) is 91.4 Å². The molecule has 8 rings (SSSR count). The normalized spacial score (nSPS) is 21.9. The molecular weight excluding hydrogens is 869 g/mol. The minimum absolute atomic E-state index is 0.164. The number of carbonyl (C=O) groups is 5. The molecule has 67 heavy (non-hydrogen) atoms. The van der Waals surface area contributed by atoms with Gasteiger partial charge in [0.25, 0.3) is 11.8 Å². The monoisotopic (exact) mass is 932 g/mol. The predicted octanol–water partition coefficient (Wildman–Crippen LogP) is 4.77. The molecule has 3 fully saturated rings. The highest BCUT2D eigenvalue weighted by Crippen LogP contribution is 2.40. The molecule has 0 radical (unpaired) electrons. The van der Waals surface area contributed by atoms with E-state index in [1.165, 1.54) is 21.2 Å². The number of esters is 1. The Labute approximate surface area is 397 Å². The molecule has 2 N–H and O–H groups in total. The fraction of sp³-hybridized carbons (Fsp3) is 0.529. The van der Waals surface area contributed by atoms with E-state index in [-0.39, 0.29) is 43.2 Å². The van der Waals surface area contributed by atoms with Crippen LogP contribution in [0.5, 0.6) is 0 Å². The SMILES string of the molecule is CCn1c(-c2cccnc2)c2c3cc(ccc31)-c1csc(c1)C[C@H](NC(=O)[C@H](C(C)C)N(C)C(=O)[C@H]1CCN(C(=O)C#CCN3CCOCC3)C1)C(=O)N1CCC[C@H](N1)C(=O)OCC(C)(C)C2. The molecule has 0 saturated carbocycles. The largest absolute Gasteiger partial charge is 0.464 e. The number of fused-ring (bicyclic) bond motifs is 6. The van der Waals surface area contributed by atoms with Crippen molar-refractivity contribution in [2.75, 3.05) is 66.1 Å². The van der Waals surface area contributed by atoms with E-state index in [1.54, 1.807) is 18.1 Å². The minimum atomic E-state index is -1.02. The minimum Gasteiger partial charge on any atom is -0.464 e. The van der Waals surface area contributed by atoms with E-state index in [9.17, 15) is 24.0 Å². The van der Waals surface area contributed by atoms with E-state index in [4.69, 9.17) is 9.47 Å². The highest BCUT2D eigenvalue weighted by Gasteiger charge is 2.40. The fourth-order valence-electron chi connectivity index (χ4n) is 10.0. The summed E-state index contributed by atoms with van der Waals surface area (Å²) < 4.78 is 13.8. The molecule has 0 aliphatic carbocycles. The number of morpholine rings is 1. The van der Waals surface area contributed by atoms with Crippen molar-refractivity contribution in [1.82, 2.24) is 40.0 Å². The number of amides is 4. The summed E-state index contributed by atoms with van der Waals surface area (Å²) >= 11 is 1.52. The molecule has 4 aliphatic heterocycles. The van der Waals surface area contributed by atoms with Crippen molar-refractivity contribution in [3.63, 3.8) is 0 Å². The van der Waals surface area contributed by atoms with Gasteiger partial charge in [-0.15, -0.1) is 11.3 Å². The fourth-order valence-corrected chi connectivity index (χ4v) is 10.9. The number of hydrogen-bond donors (Lipinski definition) is 2. The molecule has 4 atom stereocenters. The highest BCUT2D eigenvalue weighted by atomic mass is 32.1. The van der Waals surface area contributed by atoms with Gasteiger partial charge in [0.15, 0.2) is 0 Å². The Morgan fingerprint density at radius 1 is 1.04 bits per heavy atom. The molecule has 4 aromatic rings. The Morgan fingerprint density at radius 2 is 1.85 bits per heavy atom. The van der Waals surface area contributed by atoms with Crippen molar-refractivity contribution < 1.29 is 33.4 Å². The van der Waals surface area contributed by atoms with Gasteiger partial charge in [0.05, 0.1) is 38.0 Å². The van der Waals surface area contributed by atoms with E-state index in [0.29, 0.717) is 58.5 Å². The number of aromatic nitrogens is 2. The first-order valence-electron chi connectivity index (χ1n) is 23.7. The first-order chi connectivity index (χ1) is 32.2. The zero-order chi connectivity index (χ0) is 47.4. The van der Waals surface area contributed by atoms with Crippen molar-refractivity contribution in [3.8, 4) is 34.2 Å². The van der Waals surface area contributed by atoms with E-state index >= 15 is 0 Å². The van der Waals surface area contributed by atoms with Gasteiger partial charge in [-0.3, -0.25) is 38.9 Å². The van der Waals surface area contributed by atoms with Gasteiger partial charge in [-0.1, -0.05) is 39.7 Å². The number of pyridine rings is 1. The number of thiophene rings is 1. The van der Waals surface area contributed by atoms with Gasteiger partial charge in [-0.25, -0.2) is 5.43 Å². The zero-order valence-corrected chi connectivity index (χ0v) is 40.5. The van der Waals surface area contributed by atoms with Gasteiger partial charge in [0.2, 0.25) is 11.8 Å². The van der Waals surface area contributed by atoms with Gasteiger partial charge in [-0.05, 0) is 96.8 Å². The van der Waals surface area contributed by atoms with Crippen LogP contribution in [0.25, 0.3) is 33.3 Å². The summed E-state index contributed by atoms with van der Waals surface area (Å²) in [5, 5.41) is 7.72. The Balaban J connectivity index is 1.06. The number of carbonyl (C=O) groups excluding carboxylic acids is 5. The average molecular weight is 933 g/mol. The number of benzene rings is 1. The van der Waals surface area contributed by atoms with E-state index in [2.05, 4.69) is 93.5 Å². The van der Waals surface area contributed by atoms with Crippen LogP contribution in [0.3, 0.4) is 0 Å². The summed E-state index contributed by atoms with van der Waals surface area (Å²) in [6.07, 6.45) is 6.01. The van der Waals surface area contributed by atoms with Crippen LogP contribution < -0.4 is 10.7 Å². The number of nitrogens with one attached hydrogen (secondary N) is 2. The molecule has 15 nitrogen and oxygen atoms in total. The van der Waals surface area contributed by atoms with E-state index < -0.39 is 41.3 Å². The number of likely N-dealkylation sites (N-methyl/N-ethyl adjacent to an activating group) is 1. The third-order valence-electron chi connectivity index (χ3n) is 13.5. The first kappa shape index (κ1) is 47.9. The van der Waals surface area contributed by atoms with Gasteiger partial charge in [0, 0.05) is 91.9 Å².